The smallest absolute Gasteiger partial charge is 0.317 e. The Hall–Kier alpha value is -1.79. The average molecular weight is 408 g/mol. The van der Waals surface area contributed by atoms with Crippen molar-refractivity contribution in [2.45, 2.75) is 32.1 Å². The molecule has 2 heterocycles. The third-order valence-corrected chi connectivity index (χ3v) is 6.01. The van der Waals surface area contributed by atoms with E-state index in [1.54, 1.807) is 0 Å². The normalized spacial score (nSPS) is 18.8. The summed E-state index contributed by atoms with van der Waals surface area (Å²) in [5.41, 5.74) is 0.942. The van der Waals surface area contributed by atoms with Crippen molar-refractivity contribution in [3.05, 3.63) is 34.9 Å². The summed E-state index contributed by atoms with van der Waals surface area (Å²) in [7, 11) is 0. The molecule has 1 aromatic carbocycles. The molecular formula is C21H30ClN3O3. The molecule has 7 heteroatoms. The quantitative estimate of drug-likeness (QED) is 0.834. The van der Waals surface area contributed by atoms with Crippen LogP contribution in [0.5, 0.6) is 0 Å². The molecule has 1 aromatic rings. The molecule has 2 saturated heterocycles. The van der Waals surface area contributed by atoms with Crippen LogP contribution < -0.4 is 5.32 Å². The number of nitrogens with zero attached hydrogens (tertiary/aromatic N) is 2. The highest BCUT2D eigenvalue weighted by Crippen LogP contribution is 2.24. The van der Waals surface area contributed by atoms with Crippen LogP contribution in [0.1, 0.15) is 32.3 Å². The molecule has 28 heavy (non-hydrogen) atoms. The second kappa shape index (κ2) is 9.14. The van der Waals surface area contributed by atoms with Crippen molar-refractivity contribution in [1.29, 1.82) is 0 Å². The van der Waals surface area contributed by atoms with Gasteiger partial charge in [0.15, 0.2) is 0 Å². The second-order valence-corrected chi connectivity index (χ2v) is 8.68. The lowest BCUT2D eigenvalue weighted by molar-refractivity contribution is -0.141. The van der Waals surface area contributed by atoms with Crippen LogP contribution in [0.2, 0.25) is 5.02 Å². The summed E-state index contributed by atoms with van der Waals surface area (Å²) in [4.78, 5) is 28.9. The highest BCUT2D eigenvalue weighted by molar-refractivity contribution is 6.30. The zero-order chi connectivity index (χ0) is 20.1. The Labute approximate surface area is 172 Å². The number of piperidine rings is 1. The molecule has 2 aliphatic heterocycles. The molecule has 6 nitrogen and oxygen atoms in total. The molecule has 0 atom stereocenters. The van der Waals surface area contributed by atoms with Crippen molar-refractivity contribution in [2.75, 3.05) is 45.9 Å². The molecule has 2 aliphatic rings. The molecule has 0 spiro atoms. The predicted molar refractivity (Wildman–Crippen MR) is 110 cm³/mol. The number of amides is 3. The molecule has 2 fully saturated rings. The van der Waals surface area contributed by atoms with Gasteiger partial charge < -0.3 is 19.9 Å². The molecular weight excluding hydrogens is 378 g/mol. The lowest BCUT2D eigenvalue weighted by Gasteiger charge is -2.36. The maximum atomic E-state index is 12.6. The summed E-state index contributed by atoms with van der Waals surface area (Å²) < 4.78 is 5.32. The van der Waals surface area contributed by atoms with Crippen LogP contribution >= 0.6 is 11.6 Å². The Morgan fingerprint density at radius 2 is 1.68 bits per heavy atom. The molecule has 0 unspecified atom stereocenters. The first kappa shape index (κ1) is 20.9. The lowest BCUT2D eigenvalue weighted by Crippen LogP contribution is -2.50. The van der Waals surface area contributed by atoms with Crippen molar-refractivity contribution in [2.24, 2.45) is 5.92 Å². The fourth-order valence-electron chi connectivity index (χ4n) is 3.78. The number of urea groups is 1. The third kappa shape index (κ3) is 5.17. The van der Waals surface area contributed by atoms with Crippen LogP contribution in [-0.4, -0.2) is 67.7 Å². The van der Waals surface area contributed by atoms with Crippen molar-refractivity contribution < 1.29 is 14.3 Å². The summed E-state index contributed by atoms with van der Waals surface area (Å²) >= 11 is 5.96. The Balaban J connectivity index is 1.46. The fraction of sp³-hybridized carbons (Fsp3) is 0.619. The molecule has 0 radical (unpaired) electrons. The van der Waals surface area contributed by atoms with Crippen LogP contribution in [0.4, 0.5) is 4.79 Å². The second-order valence-electron chi connectivity index (χ2n) is 8.25. The van der Waals surface area contributed by atoms with Gasteiger partial charge in [-0.25, -0.2) is 4.79 Å². The summed E-state index contributed by atoms with van der Waals surface area (Å²) in [5.74, 6) is 0.236. The van der Waals surface area contributed by atoms with Crippen molar-refractivity contribution >= 4 is 23.5 Å². The van der Waals surface area contributed by atoms with Gasteiger partial charge in [0.25, 0.3) is 0 Å². The van der Waals surface area contributed by atoms with E-state index >= 15 is 0 Å². The molecule has 0 aromatic heterocycles. The molecule has 0 bridgehead atoms. The molecule has 0 saturated carbocycles. The minimum Gasteiger partial charge on any atom is -0.378 e. The van der Waals surface area contributed by atoms with Crippen LogP contribution in [-0.2, 0) is 14.9 Å². The number of hydrogen-bond donors (Lipinski definition) is 1. The number of halogens is 1. The fourth-order valence-corrected chi connectivity index (χ4v) is 3.91. The van der Waals surface area contributed by atoms with E-state index in [-0.39, 0.29) is 23.3 Å². The summed E-state index contributed by atoms with van der Waals surface area (Å²) in [6.07, 6.45) is 1.45. The topological polar surface area (TPSA) is 61.9 Å². The van der Waals surface area contributed by atoms with E-state index < -0.39 is 0 Å². The highest BCUT2D eigenvalue weighted by atomic mass is 35.5. The van der Waals surface area contributed by atoms with Crippen molar-refractivity contribution in [3.63, 3.8) is 0 Å². The van der Waals surface area contributed by atoms with E-state index in [9.17, 15) is 9.59 Å². The van der Waals surface area contributed by atoms with Crippen LogP contribution in [0, 0.1) is 5.92 Å². The van der Waals surface area contributed by atoms with Gasteiger partial charge in [0.2, 0.25) is 5.91 Å². The largest absolute Gasteiger partial charge is 0.378 e. The van der Waals surface area contributed by atoms with E-state index in [0.29, 0.717) is 51.0 Å². The van der Waals surface area contributed by atoms with Gasteiger partial charge in [0, 0.05) is 49.1 Å². The monoisotopic (exact) mass is 407 g/mol. The Morgan fingerprint density at radius 1 is 1.07 bits per heavy atom. The number of morpholine rings is 1. The van der Waals surface area contributed by atoms with Gasteiger partial charge in [0.05, 0.1) is 13.2 Å². The standard InChI is InChI=1S/C21H30ClN3O3/c1-21(2,17-3-5-18(22)6-4-17)15-23-20(27)25-9-7-16(8-10-25)19(26)24-11-13-28-14-12-24/h3-6,16H,7-15H2,1-2H3,(H,23,27). The van der Waals surface area contributed by atoms with E-state index in [4.69, 9.17) is 16.3 Å². The van der Waals surface area contributed by atoms with Crippen LogP contribution in [0.15, 0.2) is 24.3 Å². The number of nitrogens with one attached hydrogen (secondary N) is 1. The lowest BCUT2D eigenvalue weighted by atomic mass is 9.84. The van der Waals surface area contributed by atoms with E-state index in [0.717, 1.165) is 18.4 Å². The van der Waals surface area contributed by atoms with Crippen molar-refractivity contribution in [3.8, 4) is 0 Å². The van der Waals surface area contributed by atoms with Crippen LogP contribution in [0.25, 0.3) is 0 Å². The Morgan fingerprint density at radius 3 is 2.29 bits per heavy atom. The number of carbonyl (C=O) groups is 2. The summed E-state index contributed by atoms with van der Waals surface area (Å²) in [6.45, 7) is 8.58. The van der Waals surface area contributed by atoms with Gasteiger partial charge in [-0.2, -0.15) is 0 Å². The van der Waals surface area contributed by atoms with Gasteiger partial charge in [-0.1, -0.05) is 37.6 Å². The minimum absolute atomic E-state index is 0.0210. The number of ether oxygens (including phenoxy) is 1. The number of likely N-dealkylation sites (tertiary alicyclic amines) is 1. The van der Waals surface area contributed by atoms with Gasteiger partial charge in [-0.15, -0.1) is 0 Å². The number of hydrogen-bond acceptors (Lipinski definition) is 3. The summed E-state index contributed by atoms with van der Waals surface area (Å²) in [5, 5.41) is 3.76. The Bertz CT molecular complexity index is 679. The first-order valence-electron chi connectivity index (χ1n) is 10.0. The molecule has 154 valence electrons. The number of benzene rings is 1. The SMILES string of the molecule is CC(C)(CNC(=O)N1CCC(C(=O)N2CCOCC2)CC1)c1ccc(Cl)cc1. The van der Waals surface area contributed by atoms with Gasteiger partial charge in [-0.3, -0.25) is 4.79 Å². The van der Waals surface area contributed by atoms with Crippen molar-refractivity contribution in [1.82, 2.24) is 15.1 Å². The number of rotatable bonds is 4. The molecule has 3 amide bonds. The van der Waals surface area contributed by atoms with Gasteiger partial charge >= 0.3 is 6.03 Å². The van der Waals surface area contributed by atoms with E-state index in [1.807, 2.05) is 34.1 Å². The zero-order valence-electron chi connectivity index (χ0n) is 16.7. The maximum Gasteiger partial charge on any atom is 0.317 e. The predicted octanol–water partition coefficient (Wildman–Crippen LogP) is 2.90. The average Bonchev–Trinajstić information content (AvgIpc) is 2.72. The summed E-state index contributed by atoms with van der Waals surface area (Å²) in [6, 6.07) is 7.68. The molecule has 3 rings (SSSR count). The molecule has 0 aliphatic carbocycles. The van der Waals surface area contributed by atoms with E-state index in [1.165, 1.54) is 0 Å². The van der Waals surface area contributed by atoms with E-state index in [2.05, 4.69) is 19.2 Å². The van der Waals surface area contributed by atoms with Crippen LogP contribution in [0.3, 0.4) is 0 Å². The van der Waals surface area contributed by atoms with Gasteiger partial charge in [0.1, 0.15) is 0 Å². The maximum absolute atomic E-state index is 12.6. The number of carbonyl (C=O) groups excluding carboxylic acids is 2. The minimum atomic E-state index is -0.190. The zero-order valence-corrected chi connectivity index (χ0v) is 17.5. The third-order valence-electron chi connectivity index (χ3n) is 5.76. The molecule has 1 N–H and O–H groups in total. The highest BCUT2D eigenvalue weighted by Gasteiger charge is 2.31. The van der Waals surface area contributed by atoms with Gasteiger partial charge in [-0.05, 0) is 30.5 Å². The first-order valence-corrected chi connectivity index (χ1v) is 10.4. The first-order chi connectivity index (χ1) is 13.4. The Kier molecular flexibility index (Phi) is 6.83.